The summed E-state index contributed by atoms with van der Waals surface area (Å²) >= 11 is 0. The van der Waals surface area contributed by atoms with Crippen LogP contribution in [0.3, 0.4) is 0 Å². The molecule has 0 saturated carbocycles. The van der Waals surface area contributed by atoms with Crippen LogP contribution in [0.4, 0.5) is 4.79 Å². The molecule has 16 heavy (non-hydrogen) atoms. The molecule has 0 fully saturated rings. The summed E-state index contributed by atoms with van der Waals surface area (Å²) in [7, 11) is 5.69. The van der Waals surface area contributed by atoms with E-state index in [0.29, 0.717) is 5.75 Å². The topological polar surface area (TPSA) is 42.8 Å². The third kappa shape index (κ3) is 5.00. The second kappa shape index (κ2) is 7.09. The van der Waals surface area contributed by atoms with Crippen LogP contribution in [0.2, 0.25) is 0 Å². The number of quaternary nitrogens is 1. The first kappa shape index (κ1) is 14.7. The van der Waals surface area contributed by atoms with Gasteiger partial charge in [-0.15, -0.1) is 0 Å². The Labute approximate surface area is 102 Å². The van der Waals surface area contributed by atoms with Crippen molar-refractivity contribution < 1.29 is 26.8 Å². The number of carbonyl (C=O) groups is 1. The van der Waals surface area contributed by atoms with E-state index in [4.69, 9.17) is 4.74 Å². The van der Waals surface area contributed by atoms with Crippen molar-refractivity contribution in [2.75, 3.05) is 21.1 Å². The van der Waals surface area contributed by atoms with Gasteiger partial charge in [-0.1, -0.05) is 12.1 Å². The van der Waals surface area contributed by atoms with Crippen molar-refractivity contribution in [3.8, 4) is 5.75 Å². The monoisotopic (exact) mass is 244 g/mol. The van der Waals surface area contributed by atoms with Crippen LogP contribution in [0, 0.1) is 0 Å². The van der Waals surface area contributed by atoms with Gasteiger partial charge in [0, 0.05) is 12.6 Å². The van der Waals surface area contributed by atoms with Crippen LogP contribution in [-0.2, 0) is 6.54 Å². The highest BCUT2D eigenvalue weighted by atomic mass is 35.5. The molecule has 90 valence electrons. The summed E-state index contributed by atoms with van der Waals surface area (Å²) in [5, 5.41) is 2.41. The number of rotatable bonds is 3. The molecule has 0 atom stereocenters. The molecule has 0 aromatic heterocycles. The first-order valence-electron chi connectivity index (χ1n) is 4.89. The summed E-state index contributed by atoms with van der Waals surface area (Å²) < 4.78 is 5.03. The van der Waals surface area contributed by atoms with E-state index in [-0.39, 0.29) is 12.4 Å². The molecule has 0 unspecified atom stereocenters. The molecule has 5 heteroatoms. The highest BCUT2D eigenvalue weighted by molar-refractivity contribution is 5.69. The summed E-state index contributed by atoms with van der Waals surface area (Å²) in [6, 6.07) is 7.55. The number of hydrogen-bond acceptors (Lipinski definition) is 2. The molecule has 0 saturated heterocycles. The quantitative estimate of drug-likeness (QED) is 0.597. The van der Waals surface area contributed by atoms with Crippen molar-refractivity contribution in [3.63, 3.8) is 0 Å². The minimum Gasteiger partial charge on any atom is -1.00 e. The van der Waals surface area contributed by atoms with Gasteiger partial charge in [0.25, 0.3) is 0 Å². The van der Waals surface area contributed by atoms with E-state index in [9.17, 15) is 4.79 Å². The number of ether oxygens (including phenoxy) is 1. The Morgan fingerprint density at radius 2 is 2.12 bits per heavy atom. The zero-order chi connectivity index (χ0) is 11.3. The SMILES string of the molecule is CNC(=O)Oc1cccc(C[NH+](C)C)c1.[Cl-]. The van der Waals surface area contributed by atoms with Gasteiger partial charge in [-0.05, 0) is 12.1 Å². The van der Waals surface area contributed by atoms with Crippen molar-refractivity contribution in [2.24, 2.45) is 0 Å². The number of amides is 1. The molecule has 0 heterocycles. The van der Waals surface area contributed by atoms with Gasteiger partial charge in [-0.25, -0.2) is 4.79 Å². The van der Waals surface area contributed by atoms with Crippen LogP contribution in [0.15, 0.2) is 24.3 Å². The average Bonchev–Trinajstić information content (AvgIpc) is 2.17. The molecule has 0 radical (unpaired) electrons. The van der Waals surface area contributed by atoms with Crippen molar-refractivity contribution in [3.05, 3.63) is 29.8 Å². The molecule has 0 aliphatic carbocycles. The smallest absolute Gasteiger partial charge is 0.412 e. The Hall–Kier alpha value is -1.26. The van der Waals surface area contributed by atoms with E-state index in [1.807, 2.05) is 18.2 Å². The molecular formula is C11H17ClN2O2. The number of halogens is 1. The van der Waals surface area contributed by atoms with Crippen molar-refractivity contribution in [1.82, 2.24) is 5.32 Å². The van der Waals surface area contributed by atoms with Crippen molar-refractivity contribution in [1.29, 1.82) is 0 Å². The van der Waals surface area contributed by atoms with E-state index < -0.39 is 6.09 Å². The second-order valence-electron chi connectivity index (χ2n) is 3.67. The molecule has 2 N–H and O–H groups in total. The minimum absolute atomic E-state index is 0. The Kier molecular flexibility index (Phi) is 6.53. The molecule has 0 aliphatic rings. The lowest BCUT2D eigenvalue weighted by atomic mass is 10.2. The number of hydrogen-bond donors (Lipinski definition) is 2. The van der Waals surface area contributed by atoms with Gasteiger partial charge in [0.05, 0.1) is 14.1 Å². The van der Waals surface area contributed by atoms with Crippen LogP contribution >= 0.6 is 0 Å². The molecule has 4 nitrogen and oxygen atoms in total. The summed E-state index contributed by atoms with van der Waals surface area (Å²) in [6.07, 6.45) is -0.440. The highest BCUT2D eigenvalue weighted by Crippen LogP contribution is 2.12. The van der Waals surface area contributed by atoms with E-state index in [2.05, 4.69) is 19.4 Å². The van der Waals surface area contributed by atoms with Gasteiger partial charge in [-0.3, -0.25) is 0 Å². The standard InChI is InChI=1S/C11H16N2O2.ClH/c1-12-11(14)15-10-6-4-5-9(7-10)8-13(2)3;/h4-7H,8H2,1-3H3,(H,12,14);1H. The van der Waals surface area contributed by atoms with E-state index in [1.165, 1.54) is 11.9 Å². The number of benzene rings is 1. The maximum atomic E-state index is 11.0. The summed E-state index contributed by atoms with van der Waals surface area (Å²) in [5.74, 6) is 0.577. The Bertz CT molecular complexity index is 343. The highest BCUT2D eigenvalue weighted by Gasteiger charge is 2.03. The summed E-state index contributed by atoms with van der Waals surface area (Å²) in [6.45, 7) is 0.908. The fraction of sp³-hybridized carbons (Fsp3) is 0.364. The minimum atomic E-state index is -0.440. The van der Waals surface area contributed by atoms with Gasteiger partial charge in [-0.2, -0.15) is 0 Å². The Balaban J connectivity index is 0.00000225. The number of nitrogens with one attached hydrogen (secondary N) is 2. The maximum absolute atomic E-state index is 11.0. The molecule has 1 aromatic carbocycles. The molecule has 0 spiro atoms. The van der Waals surface area contributed by atoms with Crippen LogP contribution in [0.1, 0.15) is 5.56 Å². The molecule has 0 bridgehead atoms. The Morgan fingerprint density at radius 3 is 2.69 bits per heavy atom. The normalized spacial score (nSPS) is 9.50. The third-order valence-corrected chi connectivity index (χ3v) is 1.87. The lowest BCUT2D eigenvalue weighted by molar-refractivity contribution is -0.872. The predicted molar refractivity (Wildman–Crippen MR) is 58.0 cm³/mol. The van der Waals surface area contributed by atoms with E-state index >= 15 is 0 Å². The van der Waals surface area contributed by atoms with Gasteiger partial charge in [0.1, 0.15) is 12.3 Å². The first-order valence-corrected chi connectivity index (χ1v) is 4.89. The molecule has 1 rings (SSSR count). The largest absolute Gasteiger partial charge is 1.00 e. The zero-order valence-corrected chi connectivity index (χ0v) is 10.5. The van der Waals surface area contributed by atoms with Crippen LogP contribution < -0.4 is 27.4 Å². The van der Waals surface area contributed by atoms with E-state index in [0.717, 1.165) is 12.1 Å². The lowest BCUT2D eigenvalue weighted by Crippen LogP contribution is -3.04. The molecule has 0 aliphatic heterocycles. The summed E-state index contributed by atoms with van der Waals surface area (Å²) in [5.41, 5.74) is 1.15. The third-order valence-electron chi connectivity index (χ3n) is 1.87. The molecule has 1 amide bonds. The van der Waals surface area contributed by atoms with Gasteiger partial charge < -0.3 is 27.4 Å². The van der Waals surface area contributed by atoms with E-state index in [1.54, 1.807) is 6.07 Å². The summed E-state index contributed by atoms with van der Waals surface area (Å²) in [4.78, 5) is 12.3. The zero-order valence-electron chi connectivity index (χ0n) is 9.71. The lowest BCUT2D eigenvalue weighted by Gasteiger charge is -2.08. The molecular weight excluding hydrogens is 228 g/mol. The first-order chi connectivity index (χ1) is 7.11. The van der Waals surface area contributed by atoms with Gasteiger partial charge in [0.15, 0.2) is 0 Å². The van der Waals surface area contributed by atoms with Gasteiger partial charge >= 0.3 is 6.09 Å². The predicted octanol–water partition coefficient (Wildman–Crippen LogP) is -2.95. The molecule has 1 aromatic rings. The van der Waals surface area contributed by atoms with Crippen molar-refractivity contribution >= 4 is 6.09 Å². The van der Waals surface area contributed by atoms with Crippen LogP contribution in [0.25, 0.3) is 0 Å². The average molecular weight is 245 g/mol. The second-order valence-corrected chi connectivity index (χ2v) is 3.67. The van der Waals surface area contributed by atoms with Crippen LogP contribution in [-0.4, -0.2) is 27.2 Å². The number of carbonyl (C=O) groups excluding carboxylic acids is 1. The fourth-order valence-electron chi connectivity index (χ4n) is 1.29. The maximum Gasteiger partial charge on any atom is 0.412 e. The van der Waals surface area contributed by atoms with Crippen LogP contribution in [0.5, 0.6) is 5.75 Å². The Morgan fingerprint density at radius 1 is 1.44 bits per heavy atom. The van der Waals surface area contributed by atoms with Gasteiger partial charge in [0.2, 0.25) is 0 Å². The van der Waals surface area contributed by atoms with Crippen molar-refractivity contribution in [2.45, 2.75) is 6.54 Å². The fourth-order valence-corrected chi connectivity index (χ4v) is 1.29.